The Morgan fingerprint density at radius 2 is 1.80 bits per heavy atom. The minimum Gasteiger partial charge on any atom is -0.493 e. The van der Waals surface area contributed by atoms with E-state index < -0.39 is 29.4 Å². The molecule has 0 aliphatic heterocycles. The number of rotatable bonds is 14. The number of carbonyl (C=O) groups excluding carboxylic acids is 3. The Labute approximate surface area is 211 Å². The number of hydrogen-bond donors (Lipinski definition) is 1. The Bertz CT molecular complexity index is 928. The number of aliphatic hydroxyl groups excluding tert-OH is 1. The van der Waals surface area contributed by atoms with Gasteiger partial charge in [0.05, 0.1) is 38.4 Å². The van der Waals surface area contributed by atoms with E-state index in [1.807, 2.05) is 18.2 Å². The number of aliphatic hydroxyl groups is 1. The van der Waals surface area contributed by atoms with Gasteiger partial charge in [-0.3, -0.25) is 14.4 Å². The lowest BCUT2D eigenvalue weighted by molar-refractivity contribution is -0.163. The minimum atomic E-state index is -1.32. The van der Waals surface area contributed by atoms with Crippen molar-refractivity contribution in [3.05, 3.63) is 34.9 Å². The van der Waals surface area contributed by atoms with Gasteiger partial charge in [0.2, 0.25) is 0 Å². The molecule has 9 heteroatoms. The molecule has 0 amide bonds. The van der Waals surface area contributed by atoms with Gasteiger partial charge in [0.25, 0.3) is 0 Å². The van der Waals surface area contributed by atoms with Gasteiger partial charge >= 0.3 is 11.9 Å². The largest absolute Gasteiger partial charge is 0.493 e. The van der Waals surface area contributed by atoms with Crippen molar-refractivity contribution in [2.24, 2.45) is 5.92 Å². The van der Waals surface area contributed by atoms with Crippen LogP contribution in [0.4, 0.5) is 0 Å². The van der Waals surface area contributed by atoms with Crippen molar-refractivity contribution >= 4 is 29.3 Å². The zero-order valence-electron chi connectivity index (χ0n) is 20.8. The molecule has 0 radical (unpaired) electrons. The standard InChI is InChI=1S/C26H35ClO8/c1-17(28)35-26(14-8-9-18-12-13-21(32-2)22(15-18)33-3)16-19(27)25(31)24(26)20(29)10-6-5-7-11-23(30)34-4/h12-13,15-16,20,24,29H,5-11,14H2,1-4H3. The smallest absolute Gasteiger partial charge is 0.305 e. The quantitative estimate of drug-likeness (QED) is 0.294. The number of ether oxygens (including phenoxy) is 4. The monoisotopic (exact) mass is 510 g/mol. The number of ketones is 1. The maximum Gasteiger partial charge on any atom is 0.305 e. The van der Waals surface area contributed by atoms with Crippen LogP contribution >= 0.6 is 11.6 Å². The third-order valence-corrected chi connectivity index (χ3v) is 6.52. The minimum absolute atomic E-state index is 0.0351. The fourth-order valence-electron chi connectivity index (χ4n) is 4.56. The van der Waals surface area contributed by atoms with E-state index in [4.69, 9.17) is 25.8 Å². The van der Waals surface area contributed by atoms with Gasteiger partial charge in [0.15, 0.2) is 17.3 Å². The van der Waals surface area contributed by atoms with Crippen molar-refractivity contribution < 1.29 is 38.4 Å². The molecule has 0 bridgehead atoms. The maximum absolute atomic E-state index is 12.9. The molecule has 35 heavy (non-hydrogen) atoms. The molecule has 1 aliphatic carbocycles. The summed E-state index contributed by atoms with van der Waals surface area (Å²) in [5.74, 6) is -1.01. The summed E-state index contributed by atoms with van der Waals surface area (Å²) in [5, 5.41) is 10.9. The van der Waals surface area contributed by atoms with Gasteiger partial charge in [-0.15, -0.1) is 0 Å². The molecule has 1 aliphatic rings. The van der Waals surface area contributed by atoms with Crippen molar-refractivity contribution in [3.63, 3.8) is 0 Å². The lowest BCUT2D eigenvalue weighted by atomic mass is 9.79. The maximum atomic E-state index is 12.9. The Morgan fingerprint density at radius 3 is 2.43 bits per heavy atom. The fourth-order valence-corrected chi connectivity index (χ4v) is 4.86. The van der Waals surface area contributed by atoms with Crippen molar-refractivity contribution in [2.75, 3.05) is 21.3 Å². The van der Waals surface area contributed by atoms with Crippen molar-refractivity contribution in [1.82, 2.24) is 0 Å². The molecular formula is C26H35ClO8. The second-order valence-corrected chi connectivity index (χ2v) is 9.08. The van der Waals surface area contributed by atoms with Gasteiger partial charge in [0, 0.05) is 13.3 Å². The van der Waals surface area contributed by atoms with Crippen LogP contribution < -0.4 is 9.47 Å². The molecule has 3 atom stereocenters. The molecule has 8 nitrogen and oxygen atoms in total. The summed E-state index contributed by atoms with van der Waals surface area (Å²) >= 11 is 6.20. The first kappa shape index (κ1) is 28.7. The van der Waals surface area contributed by atoms with Crippen molar-refractivity contribution in [2.45, 2.75) is 70.0 Å². The van der Waals surface area contributed by atoms with Gasteiger partial charge in [-0.25, -0.2) is 0 Å². The summed E-state index contributed by atoms with van der Waals surface area (Å²) in [6, 6.07) is 5.61. The van der Waals surface area contributed by atoms with Gasteiger partial charge < -0.3 is 24.1 Å². The number of allylic oxidation sites excluding steroid dienone is 1. The fraction of sp³-hybridized carbons (Fsp3) is 0.577. The number of methoxy groups -OCH3 is 3. The van der Waals surface area contributed by atoms with E-state index in [1.165, 1.54) is 20.1 Å². The average molecular weight is 511 g/mol. The van der Waals surface area contributed by atoms with E-state index >= 15 is 0 Å². The third kappa shape index (κ3) is 7.70. The lowest BCUT2D eigenvalue weighted by Crippen LogP contribution is -2.46. The number of unbranched alkanes of at least 4 members (excludes halogenated alkanes) is 2. The van der Waals surface area contributed by atoms with Crippen LogP contribution in [0.25, 0.3) is 0 Å². The molecule has 0 fully saturated rings. The summed E-state index contributed by atoms with van der Waals surface area (Å²) in [6.45, 7) is 1.27. The molecule has 0 aromatic heterocycles. The summed E-state index contributed by atoms with van der Waals surface area (Å²) in [6.07, 6.45) is 4.45. The number of hydrogen-bond acceptors (Lipinski definition) is 8. The van der Waals surface area contributed by atoms with Crippen molar-refractivity contribution in [3.8, 4) is 11.5 Å². The predicted octanol–water partition coefficient (Wildman–Crippen LogP) is 4.13. The van der Waals surface area contributed by atoms with Crippen LogP contribution in [-0.4, -0.2) is 55.9 Å². The SMILES string of the molecule is COC(=O)CCCCCC(O)C1C(=O)C(Cl)=CC1(CCCc1ccc(OC)c(OC)c1)OC(C)=O. The molecule has 0 saturated carbocycles. The first-order chi connectivity index (χ1) is 16.7. The molecule has 3 unspecified atom stereocenters. The molecule has 0 saturated heterocycles. The van der Waals surface area contributed by atoms with Crippen LogP contribution in [0.3, 0.4) is 0 Å². The summed E-state index contributed by atoms with van der Waals surface area (Å²) in [4.78, 5) is 36.2. The highest BCUT2D eigenvalue weighted by Crippen LogP contribution is 2.43. The highest BCUT2D eigenvalue weighted by Gasteiger charge is 2.53. The number of benzene rings is 1. The first-order valence-corrected chi connectivity index (χ1v) is 12.1. The van der Waals surface area contributed by atoms with Crippen LogP contribution in [0, 0.1) is 5.92 Å². The summed E-state index contributed by atoms with van der Waals surface area (Å²) < 4.78 is 20.9. The lowest BCUT2D eigenvalue weighted by Gasteiger charge is -2.35. The Kier molecular flexibility index (Phi) is 11.0. The van der Waals surface area contributed by atoms with E-state index in [0.717, 1.165) is 5.56 Å². The highest BCUT2D eigenvalue weighted by atomic mass is 35.5. The Hall–Kier alpha value is -2.58. The van der Waals surface area contributed by atoms with E-state index in [2.05, 4.69) is 4.74 Å². The van der Waals surface area contributed by atoms with E-state index in [-0.39, 0.29) is 11.0 Å². The summed E-state index contributed by atoms with van der Waals surface area (Å²) in [7, 11) is 4.47. The van der Waals surface area contributed by atoms with E-state index in [9.17, 15) is 19.5 Å². The molecule has 1 aromatic rings. The normalized spacial score (nSPS) is 20.2. The van der Waals surface area contributed by atoms with Gasteiger partial charge in [0.1, 0.15) is 5.60 Å². The van der Waals surface area contributed by atoms with E-state index in [0.29, 0.717) is 62.9 Å². The number of esters is 2. The second-order valence-electron chi connectivity index (χ2n) is 8.67. The molecule has 1 aromatic carbocycles. The third-order valence-electron chi connectivity index (χ3n) is 6.22. The molecule has 0 heterocycles. The average Bonchev–Trinajstić information content (AvgIpc) is 3.06. The topological polar surface area (TPSA) is 108 Å². The van der Waals surface area contributed by atoms with Crippen LogP contribution in [0.1, 0.15) is 57.4 Å². The van der Waals surface area contributed by atoms with Crippen LogP contribution in [0.15, 0.2) is 29.3 Å². The number of Topliss-reactive ketones (excluding diaryl/α,β-unsaturated/α-hetero) is 1. The number of carbonyl (C=O) groups is 3. The van der Waals surface area contributed by atoms with Gasteiger partial charge in [-0.2, -0.15) is 0 Å². The van der Waals surface area contributed by atoms with Gasteiger partial charge in [-0.1, -0.05) is 30.5 Å². The molecule has 0 spiro atoms. The highest BCUT2D eigenvalue weighted by molar-refractivity contribution is 6.44. The zero-order chi connectivity index (χ0) is 26.0. The molecule has 194 valence electrons. The first-order valence-electron chi connectivity index (χ1n) is 11.7. The second kappa shape index (κ2) is 13.5. The Morgan fingerprint density at radius 1 is 1.09 bits per heavy atom. The molecule has 2 rings (SSSR count). The van der Waals surface area contributed by atoms with Crippen molar-refractivity contribution in [1.29, 1.82) is 0 Å². The van der Waals surface area contributed by atoms with Crippen LogP contribution in [0.2, 0.25) is 0 Å². The summed E-state index contributed by atoms with van der Waals surface area (Å²) in [5.41, 5.74) is -0.329. The van der Waals surface area contributed by atoms with Crippen LogP contribution in [0.5, 0.6) is 11.5 Å². The molecule has 1 N–H and O–H groups in total. The van der Waals surface area contributed by atoms with Gasteiger partial charge in [-0.05, 0) is 55.9 Å². The van der Waals surface area contributed by atoms with E-state index in [1.54, 1.807) is 14.2 Å². The zero-order valence-corrected chi connectivity index (χ0v) is 21.6. The number of aryl methyl sites for hydroxylation is 1. The Balaban J connectivity index is 2.10. The van der Waals surface area contributed by atoms with Crippen LogP contribution in [-0.2, 0) is 30.3 Å². The molecular weight excluding hydrogens is 476 g/mol. The number of halogens is 1. The predicted molar refractivity (Wildman–Crippen MR) is 131 cm³/mol.